The first kappa shape index (κ1) is 14.1. The van der Waals surface area contributed by atoms with Crippen molar-refractivity contribution >= 4 is 9.84 Å². The highest BCUT2D eigenvalue weighted by Gasteiger charge is 2.30. The molecule has 0 atom stereocenters. The van der Waals surface area contributed by atoms with Gasteiger partial charge in [0.05, 0.1) is 17.2 Å². The minimum Gasteiger partial charge on any atom is -0.328 e. The number of aromatic nitrogens is 2. The maximum absolute atomic E-state index is 11.6. The lowest BCUT2D eigenvalue weighted by Crippen LogP contribution is -2.30. The molecule has 3 heterocycles. The van der Waals surface area contributed by atoms with Gasteiger partial charge in [-0.2, -0.15) is 0 Å². The van der Waals surface area contributed by atoms with E-state index in [4.69, 9.17) is 4.98 Å². The zero-order chi connectivity index (χ0) is 14.3. The van der Waals surface area contributed by atoms with Crippen molar-refractivity contribution in [2.24, 2.45) is 0 Å². The summed E-state index contributed by atoms with van der Waals surface area (Å²) < 4.78 is 25.6. The fourth-order valence-electron chi connectivity index (χ4n) is 3.30. The van der Waals surface area contributed by atoms with Gasteiger partial charge in [0.25, 0.3) is 0 Å². The van der Waals surface area contributed by atoms with Crippen molar-refractivity contribution in [1.82, 2.24) is 14.9 Å². The largest absolute Gasteiger partial charge is 0.328 e. The Kier molecular flexibility index (Phi) is 3.62. The Balaban J connectivity index is 1.97. The standard InChI is InChI=1S/C14H23N3O2S/c1-10(2)14-16-12-9-15-6-3-13(12)17(14)11-4-7-20(18,19)8-5-11/h10-11,15H,3-9H2,1-2H3. The number of hydrogen-bond donors (Lipinski definition) is 1. The SMILES string of the molecule is CC(C)c1nc2c(n1C1CCS(=O)(=O)CC1)CCNC2. The molecule has 5 nitrogen and oxygen atoms in total. The quantitative estimate of drug-likeness (QED) is 0.896. The summed E-state index contributed by atoms with van der Waals surface area (Å²) in [6.07, 6.45) is 2.47. The van der Waals surface area contributed by atoms with E-state index in [0.717, 1.165) is 43.9 Å². The molecule has 0 spiro atoms. The second-order valence-corrected chi connectivity index (χ2v) is 8.50. The third-order valence-electron chi connectivity index (χ3n) is 4.36. The van der Waals surface area contributed by atoms with Gasteiger partial charge in [0.2, 0.25) is 0 Å². The predicted octanol–water partition coefficient (Wildman–Crippen LogP) is 1.40. The molecule has 1 aromatic rings. The molecule has 1 fully saturated rings. The van der Waals surface area contributed by atoms with E-state index in [1.54, 1.807) is 0 Å². The third kappa shape index (κ3) is 2.51. The molecule has 0 unspecified atom stereocenters. The van der Waals surface area contributed by atoms with E-state index in [9.17, 15) is 8.42 Å². The van der Waals surface area contributed by atoms with E-state index in [1.807, 2.05) is 0 Å². The lowest BCUT2D eigenvalue weighted by Gasteiger charge is -2.28. The Morgan fingerprint density at radius 1 is 1.30 bits per heavy atom. The van der Waals surface area contributed by atoms with Crippen LogP contribution in [-0.4, -0.2) is 36.0 Å². The first-order valence-electron chi connectivity index (χ1n) is 7.49. The molecule has 20 heavy (non-hydrogen) atoms. The molecule has 112 valence electrons. The predicted molar refractivity (Wildman–Crippen MR) is 78.7 cm³/mol. The van der Waals surface area contributed by atoms with Crippen LogP contribution in [0.15, 0.2) is 0 Å². The Hall–Kier alpha value is -0.880. The van der Waals surface area contributed by atoms with Crippen LogP contribution in [0.2, 0.25) is 0 Å². The Morgan fingerprint density at radius 3 is 2.65 bits per heavy atom. The lowest BCUT2D eigenvalue weighted by atomic mass is 10.1. The highest BCUT2D eigenvalue weighted by molar-refractivity contribution is 7.91. The van der Waals surface area contributed by atoms with Crippen molar-refractivity contribution in [3.8, 4) is 0 Å². The van der Waals surface area contributed by atoms with Crippen LogP contribution in [0.1, 0.15) is 55.9 Å². The van der Waals surface area contributed by atoms with Crippen molar-refractivity contribution in [2.45, 2.75) is 51.6 Å². The van der Waals surface area contributed by atoms with Crippen LogP contribution in [0.3, 0.4) is 0 Å². The summed E-state index contributed by atoms with van der Waals surface area (Å²) in [7, 11) is -2.81. The summed E-state index contributed by atoms with van der Waals surface area (Å²) in [5.41, 5.74) is 2.49. The molecule has 0 radical (unpaired) electrons. The van der Waals surface area contributed by atoms with Gasteiger partial charge in [0.1, 0.15) is 15.7 Å². The number of nitrogens with zero attached hydrogens (tertiary/aromatic N) is 2. The molecule has 1 saturated heterocycles. The molecular formula is C14H23N3O2S. The molecule has 2 aliphatic heterocycles. The van der Waals surface area contributed by atoms with Gasteiger partial charge in [-0.1, -0.05) is 13.8 Å². The van der Waals surface area contributed by atoms with Crippen LogP contribution in [0.4, 0.5) is 0 Å². The monoisotopic (exact) mass is 297 g/mol. The zero-order valence-corrected chi connectivity index (χ0v) is 13.0. The van der Waals surface area contributed by atoms with Crippen LogP contribution < -0.4 is 5.32 Å². The number of fused-ring (bicyclic) bond motifs is 1. The van der Waals surface area contributed by atoms with Gasteiger partial charge >= 0.3 is 0 Å². The molecule has 6 heteroatoms. The lowest BCUT2D eigenvalue weighted by molar-refractivity contribution is 0.415. The maximum Gasteiger partial charge on any atom is 0.150 e. The van der Waals surface area contributed by atoms with Gasteiger partial charge in [-0.3, -0.25) is 0 Å². The van der Waals surface area contributed by atoms with Gasteiger partial charge in [-0.15, -0.1) is 0 Å². The molecule has 0 amide bonds. The maximum atomic E-state index is 11.6. The fourth-order valence-corrected chi connectivity index (χ4v) is 4.77. The van der Waals surface area contributed by atoms with E-state index in [1.165, 1.54) is 5.69 Å². The molecule has 1 aromatic heterocycles. The first-order valence-corrected chi connectivity index (χ1v) is 9.31. The number of sulfone groups is 1. The summed E-state index contributed by atoms with van der Waals surface area (Å²) in [5, 5.41) is 3.36. The van der Waals surface area contributed by atoms with Gasteiger partial charge in [-0.25, -0.2) is 13.4 Å². The summed E-state index contributed by atoms with van der Waals surface area (Å²) in [6.45, 7) is 6.16. The third-order valence-corrected chi connectivity index (χ3v) is 6.07. The van der Waals surface area contributed by atoms with Crippen molar-refractivity contribution in [2.75, 3.05) is 18.1 Å². The van der Waals surface area contributed by atoms with Gasteiger partial charge in [0, 0.05) is 37.2 Å². The van der Waals surface area contributed by atoms with Crippen LogP contribution >= 0.6 is 0 Å². The second kappa shape index (κ2) is 5.15. The van der Waals surface area contributed by atoms with Crippen molar-refractivity contribution in [1.29, 1.82) is 0 Å². The smallest absolute Gasteiger partial charge is 0.150 e. The molecule has 0 aliphatic carbocycles. The molecule has 0 bridgehead atoms. The highest BCUT2D eigenvalue weighted by atomic mass is 32.2. The summed E-state index contributed by atoms with van der Waals surface area (Å²) in [4.78, 5) is 4.81. The van der Waals surface area contributed by atoms with E-state index in [0.29, 0.717) is 23.5 Å². The molecule has 0 saturated carbocycles. The van der Waals surface area contributed by atoms with Crippen LogP contribution in [0.25, 0.3) is 0 Å². The first-order chi connectivity index (χ1) is 9.48. The number of imidazole rings is 1. The van der Waals surface area contributed by atoms with E-state index < -0.39 is 9.84 Å². The van der Waals surface area contributed by atoms with Gasteiger partial charge < -0.3 is 9.88 Å². The van der Waals surface area contributed by atoms with Crippen molar-refractivity contribution in [3.63, 3.8) is 0 Å². The minimum absolute atomic E-state index is 0.310. The summed E-state index contributed by atoms with van der Waals surface area (Å²) in [6, 6.07) is 0.310. The van der Waals surface area contributed by atoms with Crippen molar-refractivity contribution in [3.05, 3.63) is 17.2 Å². The summed E-state index contributed by atoms with van der Waals surface area (Å²) >= 11 is 0. The van der Waals surface area contributed by atoms with E-state index in [2.05, 4.69) is 23.7 Å². The molecule has 2 aliphatic rings. The molecule has 3 rings (SSSR count). The highest BCUT2D eigenvalue weighted by Crippen LogP contribution is 2.32. The van der Waals surface area contributed by atoms with Gasteiger partial charge in [-0.05, 0) is 12.8 Å². The van der Waals surface area contributed by atoms with Crippen molar-refractivity contribution < 1.29 is 8.42 Å². The Bertz CT molecular complexity index is 590. The van der Waals surface area contributed by atoms with Crippen LogP contribution in [0, 0.1) is 0 Å². The molecular weight excluding hydrogens is 274 g/mol. The minimum atomic E-state index is -2.81. The summed E-state index contributed by atoms with van der Waals surface area (Å²) in [5.74, 6) is 2.14. The average molecular weight is 297 g/mol. The van der Waals surface area contributed by atoms with E-state index in [-0.39, 0.29) is 0 Å². The fraction of sp³-hybridized carbons (Fsp3) is 0.786. The van der Waals surface area contributed by atoms with Crippen LogP contribution in [-0.2, 0) is 22.8 Å². The zero-order valence-electron chi connectivity index (χ0n) is 12.2. The second-order valence-electron chi connectivity index (χ2n) is 6.20. The average Bonchev–Trinajstić information content (AvgIpc) is 2.78. The number of rotatable bonds is 2. The van der Waals surface area contributed by atoms with E-state index >= 15 is 0 Å². The molecule has 0 aromatic carbocycles. The number of hydrogen-bond acceptors (Lipinski definition) is 4. The van der Waals surface area contributed by atoms with Crippen LogP contribution in [0.5, 0.6) is 0 Å². The number of nitrogens with one attached hydrogen (secondary N) is 1. The molecule has 1 N–H and O–H groups in total. The topological polar surface area (TPSA) is 64.0 Å². The normalized spacial score (nSPS) is 22.9. The van der Waals surface area contributed by atoms with Gasteiger partial charge in [0.15, 0.2) is 0 Å². The Morgan fingerprint density at radius 2 is 2.00 bits per heavy atom. The Labute approximate surface area is 120 Å².